The predicted octanol–water partition coefficient (Wildman–Crippen LogP) is 1.45. The molecule has 1 N–H and O–H groups in total. The molecule has 3 rings (SSSR count). The molecule has 1 aromatic heterocycles. The van der Waals surface area contributed by atoms with Gasteiger partial charge in [0.25, 0.3) is 5.82 Å². The van der Waals surface area contributed by atoms with Crippen LogP contribution in [0.25, 0.3) is 0 Å². The number of rotatable bonds is 3. The lowest BCUT2D eigenvalue weighted by molar-refractivity contribution is 0.0458. The second-order valence-electron chi connectivity index (χ2n) is 4.32. The quantitative estimate of drug-likeness (QED) is 0.844. The standard InChI is InChI=1S/C13H14N4O2/c18-12(19-9-10-5-2-1-3-6-10)11-15-13-14-7-4-8-17(13)16-11/h1-3,5-6H,4,7-9H2,(H,14,15,16). The Kier molecular flexibility index (Phi) is 3.14. The first-order chi connectivity index (χ1) is 9.33. The molecule has 0 fully saturated rings. The molecular formula is C13H14N4O2. The van der Waals surface area contributed by atoms with E-state index >= 15 is 0 Å². The highest BCUT2D eigenvalue weighted by Gasteiger charge is 2.19. The molecule has 0 amide bonds. The topological polar surface area (TPSA) is 69.0 Å². The first-order valence-corrected chi connectivity index (χ1v) is 6.23. The number of hydrogen-bond acceptors (Lipinski definition) is 5. The van der Waals surface area contributed by atoms with Crippen LogP contribution < -0.4 is 5.32 Å². The van der Waals surface area contributed by atoms with Crippen LogP contribution in [0.2, 0.25) is 0 Å². The van der Waals surface area contributed by atoms with Gasteiger partial charge in [-0.15, -0.1) is 5.10 Å². The first-order valence-electron chi connectivity index (χ1n) is 6.23. The maximum Gasteiger partial charge on any atom is 0.378 e. The summed E-state index contributed by atoms with van der Waals surface area (Å²) in [6.07, 6.45) is 0.981. The van der Waals surface area contributed by atoms with E-state index in [1.54, 1.807) is 4.68 Å². The van der Waals surface area contributed by atoms with Crippen molar-refractivity contribution in [2.75, 3.05) is 11.9 Å². The van der Waals surface area contributed by atoms with Gasteiger partial charge in [-0.2, -0.15) is 4.98 Å². The Morgan fingerprint density at radius 1 is 1.37 bits per heavy atom. The third-order valence-electron chi connectivity index (χ3n) is 2.90. The molecule has 0 bridgehead atoms. The van der Waals surface area contributed by atoms with Crippen molar-refractivity contribution in [2.45, 2.75) is 19.6 Å². The fraction of sp³-hybridized carbons (Fsp3) is 0.308. The minimum Gasteiger partial charge on any atom is -0.455 e. The Morgan fingerprint density at radius 3 is 3.00 bits per heavy atom. The third-order valence-corrected chi connectivity index (χ3v) is 2.90. The van der Waals surface area contributed by atoms with Crippen molar-refractivity contribution >= 4 is 11.9 Å². The van der Waals surface area contributed by atoms with Crippen LogP contribution in [-0.4, -0.2) is 27.3 Å². The number of fused-ring (bicyclic) bond motifs is 1. The van der Waals surface area contributed by atoms with Crippen LogP contribution in [-0.2, 0) is 17.9 Å². The normalized spacial score (nSPS) is 13.5. The number of ether oxygens (including phenoxy) is 1. The molecule has 0 spiro atoms. The van der Waals surface area contributed by atoms with Gasteiger partial charge in [0, 0.05) is 13.1 Å². The molecule has 98 valence electrons. The Balaban J connectivity index is 1.65. The van der Waals surface area contributed by atoms with E-state index in [0.717, 1.165) is 25.1 Å². The Bertz CT molecular complexity index is 556. The number of nitrogens with zero attached hydrogens (tertiary/aromatic N) is 3. The Labute approximate surface area is 110 Å². The maximum atomic E-state index is 11.8. The molecule has 1 aliphatic heterocycles. The summed E-state index contributed by atoms with van der Waals surface area (Å²) in [5.41, 5.74) is 0.943. The monoisotopic (exact) mass is 258 g/mol. The number of anilines is 1. The van der Waals surface area contributed by atoms with E-state index in [0.29, 0.717) is 5.95 Å². The molecule has 1 aromatic carbocycles. The van der Waals surface area contributed by atoms with Crippen LogP contribution in [0.4, 0.5) is 5.95 Å². The highest BCUT2D eigenvalue weighted by Crippen LogP contribution is 2.12. The van der Waals surface area contributed by atoms with Gasteiger partial charge in [-0.3, -0.25) is 0 Å². The molecular weight excluding hydrogens is 244 g/mol. The number of hydrogen-bond donors (Lipinski definition) is 1. The van der Waals surface area contributed by atoms with Crippen molar-refractivity contribution in [3.8, 4) is 0 Å². The van der Waals surface area contributed by atoms with Crippen LogP contribution in [0, 0.1) is 0 Å². The van der Waals surface area contributed by atoms with Gasteiger partial charge in [0.05, 0.1) is 0 Å². The van der Waals surface area contributed by atoms with E-state index in [1.807, 2.05) is 30.3 Å². The zero-order valence-corrected chi connectivity index (χ0v) is 10.4. The molecule has 0 radical (unpaired) electrons. The van der Waals surface area contributed by atoms with E-state index in [1.165, 1.54) is 0 Å². The SMILES string of the molecule is O=C(OCc1ccccc1)c1nc2n(n1)CCCN2. The van der Waals surface area contributed by atoms with Gasteiger partial charge in [-0.1, -0.05) is 30.3 Å². The summed E-state index contributed by atoms with van der Waals surface area (Å²) in [4.78, 5) is 16.0. The molecule has 6 nitrogen and oxygen atoms in total. The molecule has 0 atom stereocenters. The van der Waals surface area contributed by atoms with E-state index in [4.69, 9.17) is 4.74 Å². The third kappa shape index (κ3) is 2.57. The summed E-state index contributed by atoms with van der Waals surface area (Å²) in [5, 5.41) is 7.22. The lowest BCUT2D eigenvalue weighted by Gasteiger charge is -2.12. The van der Waals surface area contributed by atoms with Crippen molar-refractivity contribution in [2.24, 2.45) is 0 Å². The summed E-state index contributed by atoms with van der Waals surface area (Å²) >= 11 is 0. The predicted molar refractivity (Wildman–Crippen MR) is 68.7 cm³/mol. The summed E-state index contributed by atoms with van der Waals surface area (Å²) in [7, 11) is 0. The molecule has 19 heavy (non-hydrogen) atoms. The van der Waals surface area contributed by atoms with Crippen LogP contribution >= 0.6 is 0 Å². The number of aryl methyl sites for hydroxylation is 1. The summed E-state index contributed by atoms with van der Waals surface area (Å²) in [6, 6.07) is 9.53. The number of carbonyl (C=O) groups excluding carboxylic acids is 1. The largest absolute Gasteiger partial charge is 0.455 e. The van der Waals surface area contributed by atoms with E-state index in [2.05, 4.69) is 15.4 Å². The molecule has 1 aliphatic rings. The Morgan fingerprint density at radius 2 is 2.21 bits per heavy atom. The number of nitrogens with one attached hydrogen (secondary N) is 1. The van der Waals surface area contributed by atoms with Crippen molar-refractivity contribution in [3.05, 3.63) is 41.7 Å². The van der Waals surface area contributed by atoms with Gasteiger partial charge in [-0.25, -0.2) is 9.48 Å². The van der Waals surface area contributed by atoms with Gasteiger partial charge >= 0.3 is 5.97 Å². The van der Waals surface area contributed by atoms with Crippen LogP contribution in [0.1, 0.15) is 22.6 Å². The molecule has 2 aromatic rings. The summed E-state index contributed by atoms with van der Waals surface area (Å²) in [5.74, 6) is 0.255. The Hall–Kier alpha value is -2.37. The fourth-order valence-electron chi connectivity index (χ4n) is 1.93. The van der Waals surface area contributed by atoms with Crippen LogP contribution in [0.3, 0.4) is 0 Å². The van der Waals surface area contributed by atoms with Gasteiger partial charge in [0.2, 0.25) is 5.95 Å². The van der Waals surface area contributed by atoms with Gasteiger partial charge in [0.15, 0.2) is 0 Å². The molecule has 0 saturated carbocycles. The van der Waals surface area contributed by atoms with E-state index in [9.17, 15) is 4.79 Å². The smallest absolute Gasteiger partial charge is 0.378 e. The average Bonchev–Trinajstić information content (AvgIpc) is 2.90. The van der Waals surface area contributed by atoms with Crippen LogP contribution in [0.15, 0.2) is 30.3 Å². The van der Waals surface area contributed by atoms with E-state index < -0.39 is 5.97 Å². The van der Waals surface area contributed by atoms with Gasteiger partial charge in [-0.05, 0) is 12.0 Å². The highest BCUT2D eigenvalue weighted by molar-refractivity contribution is 5.85. The van der Waals surface area contributed by atoms with Gasteiger partial charge in [0.1, 0.15) is 6.61 Å². The number of benzene rings is 1. The zero-order chi connectivity index (χ0) is 13.1. The average molecular weight is 258 g/mol. The van der Waals surface area contributed by atoms with Crippen molar-refractivity contribution in [3.63, 3.8) is 0 Å². The van der Waals surface area contributed by atoms with E-state index in [-0.39, 0.29) is 12.4 Å². The summed E-state index contributed by atoms with van der Waals surface area (Å²) < 4.78 is 6.88. The van der Waals surface area contributed by atoms with Gasteiger partial charge < -0.3 is 10.1 Å². The minimum absolute atomic E-state index is 0.111. The number of esters is 1. The number of carbonyl (C=O) groups is 1. The summed E-state index contributed by atoms with van der Waals surface area (Å²) in [6.45, 7) is 1.87. The minimum atomic E-state index is -0.493. The second kappa shape index (κ2) is 5.09. The van der Waals surface area contributed by atoms with Crippen molar-refractivity contribution in [1.29, 1.82) is 0 Å². The van der Waals surface area contributed by atoms with Crippen LogP contribution in [0.5, 0.6) is 0 Å². The second-order valence-corrected chi connectivity index (χ2v) is 4.32. The molecule has 2 heterocycles. The molecule has 0 unspecified atom stereocenters. The first kappa shape index (κ1) is 11.7. The molecule has 0 saturated heterocycles. The lowest BCUT2D eigenvalue weighted by atomic mass is 10.2. The fourth-order valence-corrected chi connectivity index (χ4v) is 1.93. The molecule has 6 heteroatoms. The zero-order valence-electron chi connectivity index (χ0n) is 10.4. The maximum absolute atomic E-state index is 11.8. The van der Waals surface area contributed by atoms with Crippen molar-refractivity contribution < 1.29 is 9.53 Å². The number of aromatic nitrogens is 3. The molecule has 0 aliphatic carbocycles. The lowest BCUT2D eigenvalue weighted by Crippen LogP contribution is -2.17. The highest BCUT2D eigenvalue weighted by atomic mass is 16.5. The van der Waals surface area contributed by atoms with Crippen molar-refractivity contribution in [1.82, 2.24) is 14.8 Å².